The van der Waals surface area contributed by atoms with E-state index in [1.54, 1.807) is 28.7 Å². The van der Waals surface area contributed by atoms with Gasteiger partial charge in [0.05, 0.1) is 0 Å². The van der Waals surface area contributed by atoms with Crippen LogP contribution in [0.4, 0.5) is 0 Å². The third-order valence-electron chi connectivity index (χ3n) is 5.61. The monoisotopic (exact) mass is 435 g/mol. The molecule has 1 fully saturated rings. The Morgan fingerprint density at radius 3 is 2.61 bits per heavy atom. The van der Waals surface area contributed by atoms with Crippen molar-refractivity contribution in [1.82, 2.24) is 24.8 Å². The van der Waals surface area contributed by atoms with Crippen LogP contribution in [0.25, 0.3) is 0 Å². The Morgan fingerprint density at radius 1 is 1.13 bits per heavy atom. The molecule has 8 heteroatoms. The van der Waals surface area contributed by atoms with Gasteiger partial charge in [0.25, 0.3) is 5.91 Å². The number of benzene rings is 1. The summed E-state index contributed by atoms with van der Waals surface area (Å²) in [6, 6.07) is 12.9. The van der Waals surface area contributed by atoms with E-state index in [1.165, 1.54) is 0 Å². The SMILES string of the molecule is O=C(NCCc1ccccc1)[C@@H](c1cccnc1)N(C(=O)c1csnn1)C1CCCC1. The molecule has 31 heavy (non-hydrogen) atoms. The van der Waals surface area contributed by atoms with Crippen molar-refractivity contribution in [2.24, 2.45) is 0 Å². The molecule has 1 aliphatic rings. The molecule has 0 aliphatic heterocycles. The molecule has 2 aromatic heterocycles. The fraction of sp³-hybridized carbons (Fsp3) is 0.348. The molecule has 4 rings (SSSR count). The maximum Gasteiger partial charge on any atom is 0.276 e. The second-order valence-corrected chi connectivity index (χ2v) is 8.27. The van der Waals surface area contributed by atoms with Gasteiger partial charge in [-0.25, -0.2) is 0 Å². The summed E-state index contributed by atoms with van der Waals surface area (Å²) in [6.07, 6.45) is 7.88. The summed E-state index contributed by atoms with van der Waals surface area (Å²) < 4.78 is 3.84. The van der Waals surface area contributed by atoms with Crippen LogP contribution in [0.3, 0.4) is 0 Å². The van der Waals surface area contributed by atoms with E-state index in [4.69, 9.17) is 0 Å². The number of carbonyl (C=O) groups is 2. The molecule has 1 aliphatic carbocycles. The summed E-state index contributed by atoms with van der Waals surface area (Å²) in [7, 11) is 0. The van der Waals surface area contributed by atoms with Crippen LogP contribution in [0.2, 0.25) is 0 Å². The summed E-state index contributed by atoms with van der Waals surface area (Å²) in [5, 5.41) is 8.65. The molecule has 3 aromatic rings. The molecule has 0 unspecified atom stereocenters. The average Bonchev–Trinajstić information content (AvgIpc) is 3.53. The van der Waals surface area contributed by atoms with Crippen molar-refractivity contribution in [2.45, 2.75) is 44.2 Å². The van der Waals surface area contributed by atoms with Crippen LogP contribution in [0.5, 0.6) is 0 Å². The van der Waals surface area contributed by atoms with E-state index in [2.05, 4.69) is 19.9 Å². The first-order chi connectivity index (χ1) is 15.2. The van der Waals surface area contributed by atoms with E-state index in [0.717, 1.165) is 49.2 Å². The Labute approximate surface area is 185 Å². The maximum atomic E-state index is 13.4. The van der Waals surface area contributed by atoms with Crippen molar-refractivity contribution < 1.29 is 9.59 Å². The molecule has 160 valence electrons. The summed E-state index contributed by atoms with van der Waals surface area (Å²) in [4.78, 5) is 32.8. The largest absolute Gasteiger partial charge is 0.354 e. The van der Waals surface area contributed by atoms with E-state index in [1.807, 2.05) is 36.4 Å². The Balaban J connectivity index is 1.60. The smallest absolute Gasteiger partial charge is 0.276 e. The predicted molar refractivity (Wildman–Crippen MR) is 118 cm³/mol. The quantitative estimate of drug-likeness (QED) is 0.586. The van der Waals surface area contributed by atoms with Crippen LogP contribution in [0.1, 0.15) is 53.3 Å². The standard InChI is InChI=1S/C23H25N5O2S/c29-22(25-14-12-17-7-2-1-3-8-17)21(18-9-6-13-24-15-18)28(19-10-4-5-11-19)23(30)20-16-31-27-26-20/h1-3,6-9,13,15-16,19,21H,4-5,10-12,14H2,(H,25,29)/t21-/m1/s1. The number of pyridine rings is 1. The van der Waals surface area contributed by atoms with Gasteiger partial charge in [0.15, 0.2) is 5.69 Å². The van der Waals surface area contributed by atoms with Gasteiger partial charge in [-0.15, -0.1) is 5.10 Å². The van der Waals surface area contributed by atoms with Gasteiger partial charge in [0.1, 0.15) is 6.04 Å². The first-order valence-electron chi connectivity index (χ1n) is 10.6. The molecule has 0 bridgehead atoms. The molecule has 0 spiro atoms. The zero-order valence-corrected chi connectivity index (χ0v) is 18.0. The fourth-order valence-corrected chi connectivity index (χ4v) is 4.54. The molecule has 2 heterocycles. The summed E-state index contributed by atoms with van der Waals surface area (Å²) in [5.74, 6) is -0.458. The van der Waals surface area contributed by atoms with Crippen molar-refractivity contribution in [3.8, 4) is 0 Å². The number of nitrogens with zero attached hydrogens (tertiary/aromatic N) is 4. The van der Waals surface area contributed by atoms with Gasteiger partial charge < -0.3 is 10.2 Å². The Hall–Kier alpha value is -3.13. The second-order valence-electron chi connectivity index (χ2n) is 7.66. The number of hydrogen-bond donors (Lipinski definition) is 1. The van der Waals surface area contributed by atoms with Crippen molar-refractivity contribution >= 4 is 23.3 Å². The Bertz CT molecular complexity index is 976. The molecular weight excluding hydrogens is 410 g/mol. The fourth-order valence-electron chi connectivity index (χ4n) is 4.11. The lowest BCUT2D eigenvalue weighted by atomic mass is 10.0. The first-order valence-corrected chi connectivity index (χ1v) is 11.4. The maximum absolute atomic E-state index is 13.4. The van der Waals surface area contributed by atoms with Crippen LogP contribution in [0, 0.1) is 0 Å². The molecule has 1 aromatic carbocycles. The number of nitrogens with one attached hydrogen (secondary N) is 1. The number of carbonyl (C=O) groups excluding carboxylic acids is 2. The number of aromatic nitrogens is 3. The minimum Gasteiger partial charge on any atom is -0.354 e. The minimum atomic E-state index is -0.762. The van der Waals surface area contributed by atoms with Gasteiger partial charge in [0, 0.05) is 35.9 Å². The van der Waals surface area contributed by atoms with Gasteiger partial charge in [0.2, 0.25) is 5.91 Å². The zero-order valence-electron chi connectivity index (χ0n) is 17.2. The molecule has 0 radical (unpaired) electrons. The van der Waals surface area contributed by atoms with Crippen molar-refractivity contribution in [1.29, 1.82) is 0 Å². The van der Waals surface area contributed by atoms with E-state index in [9.17, 15) is 9.59 Å². The van der Waals surface area contributed by atoms with E-state index in [0.29, 0.717) is 12.1 Å². The van der Waals surface area contributed by atoms with Crippen molar-refractivity contribution in [3.05, 3.63) is 77.1 Å². The lowest BCUT2D eigenvalue weighted by Crippen LogP contribution is -2.48. The molecule has 1 saturated carbocycles. The van der Waals surface area contributed by atoms with Crippen LogP contribution in [-0.2, 0) is 11.2 Å². The van der Waals surface area contributed by atoms with Crippen LogP contribution < -0.4 is 5.32 Å². The number of amides is 2. The lowest BCUT2D eigenvalue weighted by molar-refractivity contribution is -0.126. The van der Waals surface area contributed by atoms with Gasteiger partial charge in [-0.05, 0) is 42.4 Å². The van der Waals surface area contributed by atoms with Crippen LogP contribution >= 0.6 is 11.5 Å². The van der Waals surface area contributed by atoms with Gasteiger partial charge in [-0.3, -0.25) is 14.6 Å². The third-order valence-corrected chi connectivity index (χ3v) is 6.12. The molecule has 7 nitrogen and oxygen atoms in total. The Kier molecular flexibility index (Phi) is 6.99. The van der Waals surface area contributed by atoms with Crippen LogP contribution in [0.15, 0.2) is 60.2 Å². The number of hydrogen-bond acceptors (Lipinski definition) is 6. The van der Waals surface area contributed by atoms with E-state index < -0.39 is 6.04 Å². The highest BCUT2D eigenvalue weighted by atomic mass is 32.1. The predicted octanol–water partition coefficient (Wildman–Crippen LogP) is 3.42. The normalized spacial score (nSPS) is 14.8. The third kappa shape index (κ3) is 5.14. The number of rotatable bonds is 8. The second kappa shape index (κ2) is 10.3. The zero-order chi connectivity index (χ0) is 21.5. The molecule has 0 saturated heterocycles. The van der Waals surface area contributed by atoms with Crippen molar-refractivity contribution in [3.63, 3.8) is 0 Å². The summed E-state index contributed by atoms with van der Waals surface area (Å²) >= 11 is 1.13. The lowest BCUT2D eigenvalue weighted by Gasteiger charge is -2.35. The molecule has 2 amide bonds. The molecule has 1 N–H and O–H groups in total. The minimum absolute atomic E-state index is 0.0146. The average molecular weight is 436 g/mol. The van der Waals surface area contributed by atoms with Gasteiger partial charge in [-0.1, -0.05) is 53.7 Å². The highest BCUT2D eigenvalue weighted by Crippen LogP contribution is 2.32. The topological polar surface area (TPSA) is 88.1 Å². The molecular formula is C23H25N5O2S. The highest BCUT2D eigenvalue weighted by Gasteiger charge is 2.38. The van der Waals surface area contributed by atoms with Gasteiger partial charge in [-0.2, -0.15) is 0 Å². The summed E-state index contributed by atoms with van der Waals surface area (Å²) in [5.41, 5.74) is 2.13. The van der Waals surface area contributed by atoms with Crippen molar-refractivity contribution in [2.75, 3.05) is 6.54 Å². The first kappa shape index (κ1) is 21.1. The molecule has 1 atom stereocenters. The van der Waals surface area contributed by atoms with Gasteiger partial charge >= 0.3 is 0 Å². The van der Waals surface area contributed by atoms with E-state index >= 15 is 0 Å². The van der Waals surface area contributed by atoms with E-state index in [-0.39, 0.29) is 23.6 Å². The highest BCUT2D eigenvalue weighted by molar-refractivity contribution is 7.03. The summed E-state index contributed by atoms with van der Waals surface area (Å²) in [6.45, 7) is 0.491. The Morgan fingerprint density at radius 2 is 1.94 bits per heavy atom. The van der Waals surface area contributed by atoms with Crippen LogP contribution in [-0.4, -0.2) is 43.9 Å².